The van der Waals surface area contributed by atoms with E-state index in [1.807, 2.05) is 4.90 Å². The van der Waals surface area contributed by atoms with Crippen LogP contribution in [0.25, 0.3) is 0 Å². The Bertz CT molecular complexity index is 349. The number of carbonyl (C=O) groups is 1. The number of nitrogens with zero attached hydrogens (tertiary/aromatic N) is 1. The van der Waals surface area contributed by atoms with Crippen LogP contribution in [-0.2, 0) is 9.53 Å². The maximum absolute atomic E-state index is 13.5. The first-order valence-electron chi connectivity index (χ1n) is 8.17. The van der Waals surface area contributed by atoms with Crippen LogP contribution in [0.4, 0.5) is 8.78 Å². The van der Waals surface area contributed by atoms with Crippen molar-refractivity contribution < 1.29 is 18.3 Å². The van der Waals surface area contributed by atoms with Gasteiger partial charge in [-0.1, -0.05) is 6.42 Å². The number of likely N-dealkylation sites (tertiary alicyclic amines) is 1. The summed E-state index contributed by atoms with van der Waals surface area (Å²) in [5, 5.41) is 0. The Hall–Kier alpha value is -0.710. The van der Waals surface area contributed by atoms with E-state index in [1.165, 1.54) is 0 Å². The molecule has 0 bridgehead atoms. The van der Waals surface area contributed by atoms with Gasteiger partial charge >= 0.3 is 0 Å². The van der Waals surface area contributed by atoms with Crippen molar-refractivity contribution in [2.45, 2.75) is 57.3 Å². The molecule has 2 rings (SSSR count). The highest BCUT2D eigenvalue weighted by Crippen LogP contribution is 2.37. The highest BCUT2D eigenvalue weighted by Gasteiger charge is 2.40. The van der Waals surface area contributed by atoms with Gasteiger partial charge in [-0.3, -0.25) is 4.79 Å². The second-order valence-electron chi connectivity index (χ2n) is 6.58. The summed E-state index contributed by atoms with van der Waals surface area (Å²) < 4.78 is 32.2. The summed E-state index contributed by atoms with van der Waals surface area (Å²) in [6.07, 6.45) is 4.91. The molecule has 2 atom stereocenters. The molecule has 3 nitrogen and oxygen atoms in total. The van der Waals surface area contributed by atoms with Gasteiger partial charge in [0, 0.05) is 45.6 Å². The maximum atomic E-state index is 13.5. The lowest BCUT2D eigenvalue weighted by atomic mass is 9.85. The standard InChI is InChI=1S/C16H27F2NO2/c1-21-10-7-13-5-2-3-9-19(12-13)15(20)14-6-4-8-16(17,18)11-14/h13-14H,2-12H2,1H3/t13-,14-/m1/s1. The third-order valence-electron chi connectivity index (χ3n) is 4.80. The molecule has 0 radical (unpaired) electrons. The average molecular weight is 303 g/mol. The first kappa shape index (κ1) is 16.7. The van der Waals surface area contributed by atoms with Gasteiger partial charge in [0.2, 0.25) is 11.8 Å². The maximum Gasteiger partial charge on any atom is 0.248 e. The Morgan fingerprint density at radius 2 is 2.10 bits per heavy atom. The minimum atomic E-state index is -2.65. The van der Waals surface area contributed by atoms with Crippen molar-refractivity contribution in [2.75, 3.05) is 26.8 Å². The Morgan fingerprint density at radius 3 is 2.81 bits per heavy atom. The van der Waals surface area contributed by atoms with Gasteiger partial charge < -0.3 is 9.64 Å². The lowest BCUT2D eigenvalue weighted by Crippen LogP contribution is -2.42. The molecular formula is C16H27F2NO2. The van der Waals surface area contributed by atoms with E-state index in [2.05, 4.69) is 0 Å². The van der Waals surface area contributed by atoms with Crippen LogP contribution in [0.1, 0.15) is 51.4 Å². The van der Waals surface area contributed by atoms with E-state index >= 15 is 0 Å². The van der Waals surface area contributed by atoms with Crippen molar-refractivity contribution in [3.8, 4) is 0 Å². The van der Waals surface area contributed by atoms with E-state index in [0.29, 0.717) is 31.9 Å². The predicted molar refractivity (Wildman–Crippen MR) is 77.3 cm³/mol. The monoisotopic (exact) mass is 303 g/mol. The molecule has 0 aromatic rings. The SMILES string of the molecule is COCC[C@H]1CCCCN(C(=O)[C@@H]2CCCC(F)(F)C2)C1. The van der Waals surface area contributed by atoms with Crippen LogP contribution in [0.15, 0.2) is 0 Å². The van der Waals surface area contributed by atoms with Gasteiger partial charge in [0.25, 0.3) is 0 Å². The van der Waals surface area contributed by atoms with E-state index in [0.717, 1.165) is 32.2 Å². The van der Waals surface area contributed by atoms with Crippen LogP contribution in [-0.4, -0.2) is 43.5 Å². The zero-order chi connectivity index (χ0) is 15.3. The van der Waals surface area contributed by atoms with E-state index in [-0.39, 0.29) is 18.7 Å². The van der Waals surface area contributed by atoms with Crippen molar-refractivity contribution in [3.63, 3.8) is 0 Å². The Labute approximate surface area is 126 Å². The fourth-order valence-corrected chi connectivity index (χ4v) is 3.59. The van der Waals surface area contributed by atoms with Gasteiger partial charge in [-0.2, -0.15) is 0 Å². The molecule has 1 saturated carbocycles. The average Bonchev–Trinajstić information content (AvgIpc) is 2.68. The molecule has 2 aliphatic rings. The van der Waals surface area contributed by atoms with Crippen molar-refractivity contribution >= 4 is 5.91 Å². The molecule has 1 amide bonds. The summed E-state index contributed by atoms with van der Waals surface area (Å²) >= 11 is 0. The second-order valence-corrected chi connectivity index (χ2v) is 6.58. The highest BCUT2D eigenvalue weighted by atomic mass is 19.3. The van der Waals surface area contributed by atoms with E-state index < -0.39 is 11.8 Å². The van der Waals surface area contributed by atoms with Gasteiger partial charge in [-0.05, 0) is 38.0 Å². The Kier molecular flexibility index (Phi) is 5.97. The second kappa shape index (κ2) is 7.52. The summed E-state index contributed by atoms with van der Waals surface area (Å²) in [6.45, 7) is 2.14. The fourth-order valence-electron chi connectivity index (χ4n) is 3.59. The van der Waals surface area contributed by atoms with E-state index in [4.69, 9.17) is 4.74 Å². The zero-order valence-electron chi connectivity index (χ0n) is 13.0. The lowest BCUT2D eigenvalue weighted by molar-refractivity contribution is -0.143. The summed E-state index contributed by atoms with van der Waals surface area (Å²) in [7, 11) is 1.68. The van der Waals surface area contributed by atoms with Crippen molar-refractivity contribution in [1.82, 2.24) is 4.90 Å². The lowest BCUT2D eigenvalue weighted by Gasteiger charge is -2.33. The molecule has 0 spiro atoms. The highest BCUT2D eigenvalue weighted by molar-refractivity contribution is 5.79. The van der Waals surface area contributed by atoms with Crippen LogP contribution in [0, 0.1) is 11.8 Å². The number of alkyl halides is 2. The van der Waals surface area contributed by atoms with Crippen molar-refractivity contribution in [3.05, 3.63) is 0 Å². The fraction of sp³-hybridized carbons (Fsp3) is 0.938. The molecule has 1 saturated heterocycles. The number of amides is 1. The first-order valence-corrected chi connectivity index (χ1v) is 8.17. The summed E-state index contributed by atoms with van der Waals surface area (Å²) in [5.41, 5.74) is 0. The van der Waals surface area contributed by atoms with Crippen LogP contribution >= 0.6 is 0 Å². The molecule has 2 fully saturated rings. The quantitative estimate of drug-likeness (QED) is 0.796. The smallest absolute Gasteiger partial charge is 0.248 e. The van der Waals surface area contributed by atoms with Gasteiger partial charge in [0.1, 0.15) is 0 Å². The van der Waals surface area contributed by atoms with Gasteiger partial charge in [0.05, 0.1) is 0 Å². The molecule has 1 heterocycles. The Balaban J connectivity index is 1.93. The largest absolute Gasteiger partial charge is 0.385 e. The van der Waals surface area contributed by atoms with Gasteiger partial charge in [0.15, 0.2) is 0 Å². The van der Waals surface area contributed by atoms with E-state index in [1.54, 1.807) is 7.11 Å². The molecule has 1 aliphatic carbocycles. The summed E-state index contributed by atoms with van der Waals surface area (Å²) in [6, 6.07) is 0. The third kappa shape index (κ3) is 4.90. The molecule has 122 valence electrons. The number of ether oxygens (including phenoxy) is 1. The molecule has 21 heavy (non-hydrogen) atoms. The summed E-state index contributed by atoms with van der Waals surface area (Å²) in [5.74, 6) is -2.73. The first-order chi connectivity index (χ1) is 10.0. The van der Waals surface area contributed by atoms with Crippen LogP contribution in [0.5, 0.6) is 0 Å². The van der Waals surface area contributed by atoms with Crippen molar-refractivity contribution in [1.29, 1.82) is 0 Å². The topological polar surface area (TPSA) is 29.5 Å². The summed E-state index contributed by atoms with van der Waals surface area (Å²) in [4.78, 5) is 14.4. The van der Waals surface area contributed by atoms with Crippen LogP contribution in [0.2, 0.25) is 0 Å². The molecule has 5 heteroatoms. The molecule has 0 aromatic carbocycles. The van der Waals surface area contributed by atoms with Gasteiger partial charge in [-0.15, -0.1) is 0 Å². The number of halogens is 2. The molecular weight excluding hydrogens is 276 g/mol. The van der Waals surface area contributed by atoms with Gasteiger partial charge in [-0.25, -0.2) is 8.78 Å². The Morgan fingerprint density at radius 1 is 1.29 bits per heavy atom. The number of methoxy groups -OCH3 is 1. The minimum Gasteiger partial charge on any atom is -0.385 e. The molecule has 0 unspecified atom stereocenters. The van der Waals surface area contributed by atoms with Crippen LogP contribution in [0.3, 0.4) is 0 Å². The number of rotatable bonds is 4. The van der Waals surface area contributed by atoms with Crippen molar-refractivity contribution in [2.24, 2.45) is 11.8 Å². The predicted octanol–water partition coefficient (Wildman–Crippen LogP) is 3.48. The normalized spacial score (nSPS) is 30.0. The molecule has 0 aromatic heterocycles. The molecule has 1 aliphatic heterocycles. The zero-order valence-corrected chi connectivity index (χ0v) is 13.0. The molecule has 0 N–H and O–H groups in total. The number of hydrogen-bond donors (Lipinski definition) is 0. The third-order valence-corrected chi connectivity index (χ3v) is 4.80. The van der Waals surface area contributed by atoms with Crippen LogP contribution < -0.4 is 0 Å². The van der Waals surface area contributed by atoms with E-state index in [9.17, 15) is 13.6 Å². The minimum absolute atomic E-state index is 0.0429. The number of hydrogen-bond acceptors (Lipinski definition) is 2. The number of carbonyl (C=O) groups excluding carboxylic acids is 1.